The largest absolute Gasteiger partial charge is 0.251 e. The van der Waals surface area contributed by atoms with E-state index < -0.39 is 0 Å². The Hall–Kier alpha value is -0.0700. The van der Waals surface area contributed by atoms with Gasteiger partial charge in [0.1, 0.15) is 0 Å². The summed E-state index contributed by atoms with van der Waals surface area (Å²) < 4.78 is 11.0. The topological polar surface area (TPSA) is 0 Å². The Morgan fingerprint density at radius 3 is 2.20 bits per heavy atom. The number of halogens is 1. The van der Waals surface area contributed by atoms with E-state index in [1.54, 1.807) is 0 Å². The zero-order valence-electron chi connectivity index (χ0n) is 3.50. The average molecular weight is 76.1 g/mol. The highest BCUT2D eigenvalue weighted by atomic mass is 19.1. The van der Waals surface area contributed by atoms with Crippen molar-refractivity contribution in [3.8, 4) is 0 Å². The molecule has 0 radical (unpaired) electrons. The van der Waals surface area contributed by atoms with Gasteiger partial charge in [-0.05, 0) is 6.42 Å². The molecule has 0 fully saturated rings. The molecule has 1 heteroatoms. The molecule has 0 spiro atoms. The van der Waals surface area contributed by atoms with Crippen LogP contribution in [0, 0.1) is 0 Å². The molecule has 0 N–H and O–H groups in total. The van der Waals surface area contributed by atoms with Crippen LogP contribution in [0.2, 0.25) is 0 Å². The molecular weight excluding hydrogens is 67.0 g/mol. The molecule has 0 saturated carbocycles. The van der Waals surface area contributed by atoms with Crippen LogP contribution in [0.1, 0.15) is 19.8 Å². The van der Waals surface area contributed by atoms with Crippen LogP contribution in [0.15, 0.2) is 0 Å². The van der Waals surface area contributed by atoms with Crippen LogP contribution in [-0.4, -0.2) is 6.67 Å². The second kappa shape index (κ2) is 3.93. The first-order chi connectivity index (χ1) is 2.41. The van der Waals surface area contributed by atoms with Crippen molar-refractivity contribution in [3.05, 3.63) is 0 Å². The Kier molecular flexibility index (Phi) is 3.87. The lowest BCUT2D eigenvalue weighted by molar-refractivity contribution is 0.469. The van der Waals surface area contributed by atoms with Crippen molar-refractivity contribution in [3.63, 3.8) is 0 Å². The maximum Gasteiger partial charge on any atom is 0.0894 e. The van der Waals surface area contributed by atoms with E-state index in [0.717, 1.165) is 12.8 Å². The SMILES string of the molecule is CCCCF. The van der Waals surface area contributed by atoms with Crippen molar-refractivity contribution in [2.24, 2.45) is 0 Å². The molecule has 5 heavy (non-hydrogen) atoms. The zero-order chi connectivity index (χ0) is 4.12. The first-order valence-electron chi connectivity index (χ1n) is 1.97. The van der Waals surface area contributed by atoms with Gasteiger partial charge in [-0.3, -0.25) is 4.39 Å². The Bertz CT molecular complexity index is 11.1. The van der Waals surface area contributed by atoms with Crippen LogP contribution < -0.4 is 0 Å². The molecule has 0 heterocycles. The van der Waals surface area contributed by atoms with E-state index in [0.29, 0.717) is 0 Å². The lowest BCUT2D eigenvalue weighted by atomic mass is 10.4. The van der Waals surface area contributed by atoms with Gasteiger partial charge in [-0.1, -0.05) is 13.3 Å². The predicted molar refractivity (Wildman–Crippen MR) is 20.9 cm³/mol. The molecule has 0 nitrogen and oxygen atoms in total. The van der Waals surface area contributed by atoms with Crippen LogP contribution >= 0.6 is 0 Å². The highest BCUT2D eigenvalue weighted by molar-refractivity contribution is 4.23. The Morgan fingerprint density at radius 2 is 2.20 bits per heavy atom. The molecular formula is C4H9F. The normalized spacial score (nSPS) is 8.40. The third-order valence-corrected chi connectivity index (χ3v) is 0.487. The summed E-state index contributed by atoms with van der Waals surface area (Å²) in [5.41, 5.74) is 0. The summed E-state index contributed by atoms with van der Waals surface area (Å²) in [6.07, 6.45) is 1.69. The third-order valence-electron chi connectivity index (χ3n) is 0.487. The van der Waals surface area contributed by atoms with Gasteiger partial charge in [0.25, 0.3) is 0 Å². The minimum absolute atomic E-state index is 0.156. The number of unbranched alkanes of at least 4 members (excludes halogenated alkanes) is 1. The Labute approximate surface area is 32.0 Å². The summed E-state index contributed by atoms with van der Waals surface area (Å²) in [6.45, 7) is 1.82. The fraction of sp³-hybridized carbons (Fsp3) is 1.00. The van der Waals surface area contributed by atoms with Gasteiger partial charge >= 0.3 is 0 Å². The van der Waals surface area contributed by atoms with Crippen molar-refractivity contribution >= 4 is 0 Å². The van der Waals surface area contributed by atoms with Gasteiger partial charge in [-0.25, -0.2) is 0 Å². The lowest BCUT2D eigenvalue weighted by Gasteiger charge is -1.76. The standard InChI is InChI=1S/C4H9F/c1-2-3-4-5/h2-4H2,1H3. The summed E-state index contributed by atoms with van der Waals surface area (Å²) >= 11 is 0. The van der Waals surface area contributed by atoms with E-state index in [4.69, 9.17) is 0 Å². The summed E-state index contributed by atoms with van der Waals surface area (Å²) in [5.74, 6) is 0. The third kappa shape index (κ3) is 3.93. The molecule has 0 saturated heterocycles. The van der Waals surface area contributed by atoms with Crippen LogP contribution in [0.4, 0.5) is 4.39 Å². The lowest BCUT2D eigenvalue weighted by Crippen LogP contribution is -1.67. The smallest absolute Gasteiger partial charge is 0.0894 e. The van der Waals surface area contributed by atoms with Gasteiger partial charge in [0, 0.05) is 0 Å². The average Bonchev–Trinajstić information content (AvgIpc) is 1.41. The molecule has 0 aromatic rings. The minimum atomic E-state index is -0.156. The number of hydrogen-bond acceptors (Lipinski definition) is 0. The molecule has 0 aliphatic heterocycles. The fourth-order valence-corrected chi connectivity index (χ4v) is 0.134. The molecule has 0 rings (SSSR count). The maximum atomic E-state index is 11.0. The quantitative estimate of drug-likeness (QED) is 0.470. The van der Waals surface area contributed by atoms with Gasteiger partial charge in [-0.15, -0.1) is 0 Å². The highest BCUT2D eigenvalue weighted by Gasteiger charge is 1.71. The maximum absolute atomic E-state index is 11.0. The Balaban J connectivity index is 2.19. The van der Waals surface area contributed by atoms with Crippen LogP contribution in [0.5, 0.6) is 0 Å². The van der Waals surface area contributed by atoms with E-state index in [1.807, 2.05) is 6.92 Å². The summed E-state index contributed by atoms with van der Waals surface area (Å²) in [7, 11) is 0. The molecule has 0 aliphatic rings. The van der Waals surface area contributed by atoms with Crippen molar-refractivity contribution in [2.45, 2.75) is 19.8 Å². The molecule has 0 amide bonds. The molecule has 0 aromatic carbocycles. The number of alkyl halides is 1. The monoisotopic (exact) mass is 76.1 g/mol. The molecule has 0 bridgehead atoms. The molecule has 0 atom stereocenters. The van der Waals surface area contributed by atoms with Crippen molar-refractivity contribution < 1.29 is 4.39 Å². The number of rotatable bonds is 2. The van der Waals surface area contributed by atoms with Crippen molar-refractivity contribution in [1.29, 1.82) is 0 Å². The van der Waals surface area contributed by atoms with Crippen LogP contribution in [0.25, 0.3) is 0 Å². The van der Waals surface area contributed by atoms with E-state index in [9.17, 15) is 4.39 Å². The molecule has 0 aromatic heterocycles. The summed E-state index contributed by atoms with van der Waals surface area (Å²) in [5, 5.41) is 0. The number of hydrogen-bond donors (Lipinski definition) is 0. The molecule has 0 unspecified atom stereocenters. The van der Waals surface area contributed by atoms with Gasteiger partial charge in [0.2, 0.25) is 0 Å². The second-order valence-corrected chi connectivity index (χ2v) is 1.04. The van der Waals surface area contributed by atoms with E-state index >= 15 is 0 Å². The fourth-order valence-electron chi connectivity index (χ4n) is 0.134. The molecule has 32 valence electrons. The first-order valence-corrected chi connectivity index (χ1v) is 1.97. The van der Waals surface area contributed by atoms with Crippen LogP contribution in [-0.2, 0) is 0 Å². The minimum Gasteiger partial charge on any atom is -0.251 e. The van der Waals surface area contributed by atoms with Gasteiger partial charge in [-0.2, -0.15) is 0 Å². The van der Waals surface area contributed by atoms with E-state index in [-0.39, 0.29) is 6.67 Å². The summed E-state index contributed by atoms with van der Waals surface area (Å²) in [4.78, 5) is 0. The van der Waals surface area contributed by atoms with E-state index in [2.05, 4.69) is 0 Å². The molecule has 0 aliphatic carbocycles. The van der Waals surface area contributed by atoms with E-state index in [1.165, 1.54) is 0 Å². The van der Waals surface area contributed by atoms with Gasteiger partial charge in [0.05, 0.1) is 6.67 Å². The second-order valence-electron chi connectivity index (χ2n) is 1.04. The first kappa shape index (κ1) is 4.93. The Morgan fingerprint density at radius 1 is 1.60 bits per heavy atom. The van der Waals surface area contributed by atoms with Crippen molar-refractivity contribution in [2.75, 3.05) is 6.67 Å². The predicted octanol–water partition coefficient (Wildman–Crippen LogP) is 1.76. The van der Waals surface area contributed by atoms with Crippen molar-refractivity contribution in [1.82, 2.24) is 0 Å². The van der Waals surface area contributed by atoms with Gasteiger partial charge < -0.3 is 0 Å². The summed E-state index contributed by atoms with van der Waals surface area (Å²) in [6, 6.07) is 0. The van der Waals surface area contributed by atoms with Crippen LogP contribution in [0.3, 0.4) is 0 Å². The van der Waals surface area contributed by atoms with Gasteiger partial charge in [0.15, 0.2) is 0 Å². The zero-order valence-corrected chi connectivity index (χ0v) is 3.50. The highest BCUT2D eigenvalue weighted by Crippen LogP contribution is 1.83.